The van der Waals surface area contributed by atoms with Crippen LogP contribution >= 0.6 is 0 Å². The molecule has 1 aromatic carbocycles. The van der Waals surface area contributed by atoms with Crippen molar-refractivity contribution in [3.05, 3.63) is 60.1 Å². The van der Waals surface area contributed by atoms with Crippen molar-refractivity contribution < 1.29 is 9.21 Å². The van der Waals surface area contributed by atoms with Gasteiger partial charge in [-0.25, -0.2) is 0 Å². The Morgan fingerprint density at radius 1 is 1.18 bits per heavy atom. The maximum atomic E-state index is 12.3. The maximum Gasteiger partial charge on any atom is 0.214 e. The van der Waals surface area contributed by atoms with Gasteiger partial charge in [-0.05, 0) is 62.9 Å². The number of piperidine rings is 1. The number of nitrogens with zero attached hydrogens (tertiary/aromatic N) is 1. The van der Waals surface area contributed by atoms with Crippen LogP contribution in [0.1, 0.15) is 35.9 Å². The fraction of sp³-hybridized carbons (Fsp3) is 0.421. The first kappa shape index (κ1) is 15.0. The van der Waals surface area contributed by atoms with Gasteiger partial charge >= 0.3 is 0 Å². The molecule has 3 heteroatoms. The monoisotopic (exact) mass is 297 g/mol. The van der Waals surface area contributed by atoms with Crippen LogP contribution < -0.4 is 0 Å². The molecule has 22 heavy (non-hydrogen) atoms. The van der Waals surface area contributed by atoms with Gasteiger partial charge in [-0.15, -0.1) is 0 Å². The minimum absolute atomic E-state index is 0.0894. The van der Waals surface area contributed by atoms with Crippen LogP contribution in [0.2, 0.25) is 0 Å². The molecule has 1 fully saturated rings. The van der Waals surface area contributed by atoms with Crippen LogP contribution in [-0.4, -0.2) is 29.8 Å². The van der Waals surface area contributed by atoms with Crippen LogP contribution in [0.4, 0.5) is 0 Å². The highest BCUT2D eigenvalue weighted by molar-refractivity contribution is 5.97. The van der Waals surface area contributed by atoms with Crippen molar-refractivity contribution in [2.24, 2.45) is 5.92 Å². The summed E-state index contributed by atoms with van der Waals surface area (Å²) in [6, 6.07) is 14.1. The molecule has 116 valence electrons. The van der Waals surface area contributed by atoms with Gasteiger partial charge in [0.25, 0.3) is 0 Å². The van der Waals surface area contributed by atoms with Gasteiger partial charge in [0, 0.05) is 0 Å². The van der Waals surface area contributed by atoms with Gasteiger partial charge in [0.1, 0.15) is 0 Å². The molecular formula is C19H23NO2. The quantitative estimate of drug-likeness (QED) is 0.787. The Balaban J connectivity index is 1.52. The lowest BCUT2D eigenvalue weighted by molar-refractivity contribution is 0.0744. The first-order chi connectivity index (χ1) is 10.7. The SMILES string of the molecule is CC(C(=O)c1ccco1)N1CCC(Cc2ccccc2)CC1. The zero-order valence-electron chi connectivity index (χ0n) is 13.1. The predicted molar refractivity (Wildman–Crippen MR) is 86.9 cm³/mol. The fourth-order valence-electron chi connectivity index (χ4n) is 3.28. The Morgan fingerprint density at radius 2 is 1.91 bits per heavy atom. The van der Waals surface area contributed by atoms with E-state index in [1.165, 1.54) is 5.56 Å². The van der Waals surface area contributed by atoms with Crippen molar-refractivity contribution in [2.75, 3.05) is 13.1 Å². The predicted octanol–water partition coefficient (Wildman–Crippen LogP) is 3.81. The third-order valence-electron chi connectivity index (χ3n) is 4.71. The normalized spacial score (nSPS) is 18.2. The Kier molecular flexibility index (Phi) is 4.74. The number of hydrogen-bond donors (Lipinski definition) is 0. The number of hydrogen-bond acceptors (Lipinski definition) is 3. The van der Waals surface area contributed by atoms with Crippen molar-refractivity contribution in [3.63, 3.8) is 0 Å². The van der Waals surface area contributed by atoms with Crippen molar-refractivity contribution in [1.29, 1.82) is 0 Å². The number of Topliss-reactive ketones (excluding diaryl/α,β-unsaturated/α-hetero) is 1. The van der Waals surface area contributed by atoms with Gasteiger partial charge in [0.15, 0.2) is 5.76 Å². The molecule has 1 aliphatic heterocycles. The molecule has 3 rings (SSSR count). The molecule has 0 bridgehead atoms. The van der Waals surface area contributed by atoms with Crippen molar-refractivity contribution in [1.82, 2.24) is 4.90 Å². The van der Waals surface area contributed by atoms with Crippen molar-refractivity contribution in [2.45, 2.75) is 32.2 Å². The third-order valence-corrected chi connectivity index (χ3v) is 4.71. The molecule has 2 heterocycles. The Labute approximate surface area is 131 Å². The number of carbonyl (C=O) groups excluding carboxylic acids is 1. The van der Waals surface area contributed by atoms with E-state index in [0.717, 1.165) is 38.3 Å². The van der Waals surface area contributed by atoms with E-state index in [0.29, 0.717) is 5.76 Å². The summed E-state index contributed by atoms with van der Waals surface area (Å²) in [6.07, 6.45) is 5.02. The van der Waals surface area contributed by atoms with Gasteiger partial charge in [-0.1, -0.05) is 30.3 Å². The topological polar surface area (TPSA) is 33.5 Å². The lowest BCUT2D eigenvalue weighted by Crippen LogP contribution is -2.44. The van der Waals surface area contributed by atoms with Crippen LogP contribution in [-0.2, 0) is 6.42 Å². The highest BCUT2D eigenvalue weighted by Crippen LogP contribution is 2.23. The zero-order chi connectivity index (χ0) is 15.4. The van der Waals surface area contributed by atoms with Crippen molar-refractivity contribution in [3.8, 4) is 0 Å². The molecule has 2 aromatic rings. The van der Waals surface area contributed by atoms with Crippen LogP contribution in [0.3, 0.4) is 0 Å². The molecule has 0 radical (unpaired) electrons. The molecule has 1 atom stereocenters. The van der Waals surface area contributed by atoms with E-state index in [-0.39, 0.29) is 11.8 Å². The highest BCUT2D eigenvalue weighted by Gasteiger charge is 2.28. The molecule has 1 unspecified atom stereocenters. The molecule has 0 amide bonds. The minimum Gasteiger partial charge on any atom is -0.461 e. The van der Waals surface area contributed by atoms with Gasteiger partial charge < -0.3 is 4.42 Å². The Hall–Kier alpha value is -1.87. The zero-order valence-corrected chi connectivity index (χ0v) is 13.1. The fourth-order valence-corrected chi connectivity index (χ4v) is 3.28. The van der Waals surface area contributed by atoms with E-state index in [4.69, 9.17) is 4.42 Å². The van der Waals surface area contributed by atoms with Crippen LogP contribution in [0.5, 0.6) is 0 Å². The van der Waals surface area contributed by atoms with Gasteiger partial charge in [-0.2, -0.15) is 0 Å². The second-order valence-electron chi connectivity index (χ2n) is 6.19. The van der Waals surface area contributed by atoms with Crippen LogP contribution in [0.15, 0.2) is 53.1 Å². The molecule has 3 nitrogen and oxygen atoms in total. The molecule has 1 aliphatic rings. The number of carbonyl (C=O) groups is 1. The standard InChI is InChI=1S/C19H23NO2/c1-15(19(21)18-8-5-13-22-18)20-11-9-17(10-12-20)14-16-6-3-2-4-7-16/h2-8,13,15,17H,9-12,14H2,1H3. The van der Waals surface area contributed by atoms with Gasteiger partial charge in [0.05, 0.1) is 12.3 Å². The summed E-state index contributed by atoms with van der Waals surface area (Å²) in [4.78, 5) is 14.6. The van der Waals surface area contributed by atoms with E-state index in [9.17, 15) is 4.79 Å². The summed E-state index contributed by atoms with van der Waals surface area (Å²) in [5.74, 6) is 1.29. The first-order valence-electron chi connectivity index (χ1n) is 8.09. The number of ketones is 1. The van der Waals surface area contributed by atoms with E-state index < -0.39 is 0 Å². The molecule has 1 saturated heterocycles. The molecule has 1 aromatic heterocycles. The van der Waals surface area contributed by atoms with Crippen molar-refractivity contribution >= 4 is 5.78 Å². The number of rotatable bonds is 5. The van der Waals surface area contributed by atoms with E-state index in [1.807, 2.05) is 6.92 Å². The highest BCUT2D eigenvalue weighted by atomic mass is 16.3. The van der Waals surface area contributed by atoms with Gasteiger partial charge in [0.2, 0.25) is 5.78 Å². The second-order valence-corrected chi connectivity index (χ2v) is 6.19. The lowest BCUT2D eigenvalue weighted by atomic mass is 9.89. The summed E-state index contributed by atoms with van der Waals surface area (Å²) in [6.45, 7) is 3.97. The van der Waals surface area contributed by atoms with E-state index >= 15 is 0 Å². The molecule has 0 aliphatic carbocycles. The first-order valence-corrected chi connectivity index (χ1v) is 8.09. The number of furan rings is 1. The van der Waals surface area contributed by atoms with Crippen LogP contribution in [0.25, 0.3) is 0 Å². The Morgan fingerprint density at radius 3 is 2.55 bits per heavy atom. The summed E-state index contributed by atoms with van der Waals surface area (Å²) in [7, 11) is 0. The smallest absolute Gasteiger partial charge is 0.214 e. The van der Waals surface area contributed by atoms with Gasteiger partial charge in [-0.3, -0.25) is 9.69 Å². The number of benzene rings is 1. The van der Waals surface area contributed by atoms with E-state index in [2.05, 4.69) is 35.2 Å². The second kappa shape index (κ2) is 6.93. The largest absolute Gasteiger partial charge is 0.461 e. The molecule has 0 saturated carbocycles. The Bertz CT molecular complexity index is 583. The summed E-state index contributed by atoms with van der Waals surface area (Å²) in [5, 5.41) is 0. The van der Waals surface area contributed by atoms with Crippen LogP contribution in [0, 0.1) is 5.92 Å². The minimum atomic E-state index is -0.0937. The molecule has 0 spiro atoms. The maximum absolute atomic E-state index is 12.3. The average Bonchev–Trinajstić information content (AvgIpc) is 3.10. The summed E-state index contributed by atoms with van der Waals surface area (Å²) in [5.41, 5.74) is 1.42. The lowest BCUT2D eigenvalue weighted by Gasteiger charge is -2.35. The molecular weight excluding hydrogens is 274 g/mol. The molecule has 0 N–H and O–H groups in total. The third kappa shape index (κ3) is 3.47. The summed E-state index contributed by atoms with van der Waals surface area (Å²) >= 11 is 0. The van der Waals surface area contributed by atoms with E-state index in [1.54, 1.807) is 18.4 Å². The number of likely N-dealkylation sites (tertiary alicyclic amines) is 1. The summed E-state index contributed by atoms with van der Waals surface area (Å²) < 4.78 is 5.23. The average molecular weight is 297 g/mol.